The molecule has 0 N–H and O–H groups in total. The molecular formula is C24H21ClN2O4S. The third kappa shape index (κ3) is 5.00. The Balaban J connectivity index is 1.42. The third-order valence-electron chi connectivity index (χ3n) is 4.94. The van der Waals surface area contributed by atoms with Gasteiger partial charge in [0.05, 0.1) is 18.3 Å². The molecule has 0 unspecified atom stereocenters. The topological polar surface area (TPSA) is 70.4 Å². The standard InChI is InChI=1S/C24H21ClN2O4S/c1-16-20-22(32-21(16)24(29)31-14-17-6-3-2-4-7-17)26-15-27(23(20)28)12-5-13-30-19-10-8-18(25)9-11-19/h2-4,6-11,15H,5,12-14H2,1H3. The molecule has 0 aliphatic carbocycles. The first-order valence-corrected chi connectivity index (χ1v) is 11.3. The predicted molar refractivity (Wildman–Crippen MR) is 126 cm³/mol. The molecule has 4 rings (SSSR count). The van der Waals surface area contributed by atoms with Gasteiger partial charge in [-0.25, -0.2) is 9.78 Å². The summed E-state index contributed by atoms with van der Waals surface area (Å²) in [6, 6.07) is 16.6. The Labute approximate surface area is 194 Å². The van der Waals surface area contributed by atoms with E-state index in [9.17, 15) is 9.59 Å². The number of fused-ring (bicyclic) bond motifs is 1. The lowest BCUT2D eigenvalue weighted by atomic mass is 10.2. The number of aryl methyl sites for hydroxylation is 2. The molecule has 0 spiro atoms. The van der Waals surface area contributed by atoms with E-state index in [0.717, 1.165) is 11.3 Å². The first-order chi connectivity index (χ1) is 15.5. The molecule has 0 bridgehead atoms. The largest absolute Gasteiger partial charge is 0.494 e. The molecule has 0 radical (unpaired) electrons. The van der Waals surface area contributed by atoms with Gasteiger partial charge in [0.15, 0.2) is 0 Å². The molecule has 0 fully saturated rings. The van der Waals surface area contributed by atoms with Crippen molar-refractivity contribution in [2.45, 2.75) is 26.5 Å². The fraction of sp³-hybridized carbons (Fsp3) is 0.208. The van der Waals surface area contributed by atoms with Crippen molar-refractivity contribution in [1.82, 2.24) is 9.55 Å². The first kappa shape index (κ1) is 22.0. The molecule has 6 nitrogen and oxygen atoms in total. The Morgan fingerprint density at radius 2 is 1.88 bits per heavy atom. The van der Waals surface area contributed by atoms with Gasteiger partial charge < -0.3 is 9.47 Å². The number of ether oxygens (including phenoxy) is 2. The summed E-state index contributed by atoms with van der Waals surface area (Å²) in [6.45, 7) is 2.85. The van der Waals surface area contributed by atoms with E-state index in [0.29, 0.717) is 45.3 Å². The quantitative estimate of drug-likeness (QED) is 0.261. The second-order valence-electron chi connectivity index (χ2n) is 7.20. The van der Waals surface area contributed by atoms with Crippen LogP contribution in [0.1, 0.15) is 27.2 Å². The lowest BCUT2D eigenvalue weighted by Crippen LogP contribution is -2.21. The number of carbonyl (C=O) groups excluding carboxylic acids is 1. The van der Waals surface area contributed by atoms with Crippen molar-refractivity contribution in [2.24, 2.45) is 0 Å². The maximum Gasteiger partial charge on any atom is 0.349 e. The van der Waals surface area contributed by atoms with E-state index in [2.05, 4.69) is 4.98 Å². The average Bonchev–Trinajstić information content (AvgIpc) is 3.15. The summed E-state index contributed by atoms with van der Waals surface area (Å²) in [5, 5.41) is 1.11. The van der Waals surface area contributed by atoms with Crippen LogP contribution in [0.5, 0.6) is 5.75 Å². The Kier molecular flexibility index (Phi) is 6.87. The summed E-state index contributed by atoms with van der Waals surface area (Å²) in [7, 11) is 0. The van der Waals surface area contributed by atoms with Crippen LogP contribution in [-0.2, 0) is 17.9 Å². The molecule has 2 aromatic carbocycles. The van der Waals surface area contributed by atoms with Gasteiger partial charge in [-0.05, 0) is 48.7 Å². The molecule has 164 valence electrons. The van der Waals surface area contributed by atoms with Gasteiger partial charge in [0.1, 0.15) is 22.1 Å². The van der Waals surface area contributed by atoms with Gasteiger partial charge in [-0.15, -0.1) is 11.3 Å². The molecule has 2 heterocycles. The molecule has 2 aromatic heterocycles. The van der Waals surface area contributed by atoms with E-state index in [1.807, 2.05) is 30.3 Å². The van der Waals surface area contributed by atoms with Crippen LogP contribution in [0.3, 0.4) is 0 Å². The number of aromatic nitrogens is 2. The minimum Gasteiger partial charge on any atom is -0.494 e. The van der Waals surface area contributed by atoms with Gasteiger partial charge >= 0.3 is 5.97 Å². The Morgan fingerprint density at radius 1 is 1.12 bits per heavy atom. The van der Waals surface area contributed by atoms with Crippen LogP contribution in [0.15, 0.2) is 65.7 Å². The summed E-state index contributed by atoms with van der Waals surface area (Å²) >= 11 is 7.05. The van der Waals surface area contributed by atoms with Crippen molar-refractivity contribution < 1.29 is 14.3 Å². The van der Waals surface area contributed by atoms with E-state index in [1.165, 1.54) is 17.7 Å². The molecule has 0 saturated heterocycles. The first-order valence-electron chi connectivity index (χ1n) is 10.1. The number of hydrogen-bond acceptors (Lipinski definition) is 6. The van der Waals surface area contributed by atoms with Gasteiger partial charge in [0.2, 0.25) is 0 Å². The Morgan fingerprint density at radius 3 is 2.62 bits per heavy atom. The normalized spacial score (nSPS) is 10.9. The second kappa shape index (κ2) is 9.97. The number of esters is 1. The number of benzene rings is 2. The van der Waals surface area contributed by atoms with Crippen LogP contribution in [0.2, 0.25) is 5.02 Å². The highest BCUT2D eigenvalue weighted by Crippen LogP contribution is 2.27. The molecule has 0 saturated carbocycles. The van der Waals surface area contributed by atoms with Crippen LogP contribution < -0.4 is 10.3 Å². The van der Waals surface area contributed by atoms with Crippen LogP contribution in [-0.4, -0.2) is 22.1 Å². The molecule has 8 heteroatoms. The van der Waals surface area contributed by atoms with E-state index >= 15 is 0 Å². The fourth-order valence-corrected chi connectivity index (χ4v) is 4.42. The number of hydrogen-bond donors (Lipinski definition) is 0. The molecule has 0 aliphatic heterocycles. The summed E-state index contributed by atoms with van der Waals surface area (Å²) in [4.78, 5) is 30.9. The van der Waals surface area contributed by atoms with Crippen molar-refractivity contribution >= 4 is 39.1 Å². The second-order valence-corrected chi connectivity index (χ2v) is 8.63. The number of halogens is 1. The van der Waals surface area contributed by atoms with Crippen molar-refractivity contribution in [3.8, 4) is 5.75 Å². The monoisotopic (exact) mass is 468 g/mol. The van der Waals surface area contributed by atoms with Gasteiger partial charge in [-0.3, -0.25) is 9.36 Å². The SMILES string of the molecule is Cc1c(C(=O)OCc2ccccc2)sc2ncn(CCCOc3ccc(Cl)cc3)c(=O)c12. The van der Waals surface area contributed by atoms with Crippen LogP contribution >= 0.6 is 22.9 Å². The highest BCUT2D eigenvalue weighted by molar-refractivity contribution is 7.20. The highest BCUT2D eigenvalue weighted by atomic mass is 35.5. The van der Waals surface area contributed by atoms with Crippen LogP contribution in [0.25, 0.3) is 10.2 Å². The molecule has 4 aromatic rings. The van der Waals surface area contributed by atoms with E-state index in [4.69, 9.17) is 21.1 Å². The zero-order valence-corrected chi connectivity index (χ0v) is 19.0. The number of nitrogens with zero attached hydrogens (tertiary/aromatic N) is 2. The molecular weight excluding hydrogens is 448 g/mol. The predicted octanol–water partition coefficient (Wildman–Crippen LogP) is 5.25. The van der Waals surface area contributed by atoms with Crippen LogP contribution in [0.4, 0.5) is 0 Å². The average molecular weight is 469 g/mol. The van der Waals surface area contributed by atoms with Gasteiger partial charge in [-0.1, -0.05) is 41.9 Å². The molecule has 0 amide bonds. The summed E-state index contributed by atoms with van der Waals surface area (Å²) in [5.74, 6) is 0.277. The molecule has 0 atom stereocenters. The van der Waals surface area contributed by atoms with Crippen molar-refractivity contribution in [1.29, 1.82) is 0 Å². The molecule has 32 heavy (non-hydrogen) atoms. The van der Waals surface area contributed by atoms with Gasteiger partial charge in [-0.2, -0.15) is 0 Å². The fourth-order valence-electron chi connectivity index (χ4n) is 3.26. The summed E-state index contributed by atoms with van der Waals surface area (Å²) in [6.07, 6.45) is 2.15. The summed E-state index contributed by atoms with van der Waals surface area (Å²) in [5.41, 5.74) is 1.34. The minimum atomic E-state index is -0.448. The highest BCUT2D eigenvalue weighted by Gasteiger charge is 2.20. The Hall–Kier alpha value is -3.16. The zero-order valence-electron chi connectivity index (χ0n) is 17.4. The third-order valence-corrected chi connectivity index (χ3v) is 6.37. The van der Waals surface area contributed by atoms with Crippen molar-refractivity contribution in [3.05, 3.63) is 92.3 Å². The molecule has 0 aliphatic rings. The van der Waals surface area contributed by atoms with Crippen molar-refractivity contribution in [3.63, 3.8) is 0 Å². The smallest absolute Gasteiger partial charge is 0.349 e. The van der Waals surface area contributed by atoms with Gasteiger partial charge in [0, 0.05) is 11.6 Å². The summed E-state index contributed by atoms with van der Waals surface area (Å²) < 4.78 is 12.7. The lowest BCUT2D eigenvalue weighted by Gasteiger charge is -2.08. The number of rotatable bonds is 8. The Bertz CT molecular complexity index is 1280. The number of carbonyl (C=O) groups is 1. The number of thiophene rings is 1. The maximum atomic E-state index is 13.0. The minimum absolute atomic E-state index is 0.169. The van der Waals surface area contributed by atoms with E-state index < -0.39 is 5.97 Å². The zero-order chi connectivity index (χ0) is 22.5. The van der Waals surface area contributed by atoms with Gasteiger partial charge in [0.25, 0.3) is 5.56 Å². The lowest BCUT2D eigenvalue weighted by molar-refractivity contribution is 0.0478. The maximum absolute atomic E-state index is 13.0. The van der Waals surface area contributed by atoms with E-state index in [1.54, 1.807) is 35.8 Å². The van der Waals surface area contributed by atoms with Crippen molar-refractivity contribution in [2.75, 3.05) is 6.61 Å². The van der Waals surface area contributed by atoms with Crippen LogP contribution in [0, 0.1) is 6.92 Å². The van der Waals surface area contributed by atoms with E-state index in [-0.39, 0.29) is 12.2 Å².